The molecule has 0 aliphatic carbocycles. The zero-order valence-corrected chi connectivity index (χ0v) is 15.7. The highest BCUT2D eigenvalue weighted by Crippen LogP contribution is 2.35. The fourth-order valence-corrected chi connectivity index (χ4v) is 4.05. The molecular weight excluding hydrogens is 391 g/mol. The van der Waals surface area contributed by atoms with Gasteiger partial charge in [-0.15, -0.1) is 11.3 Å². The van der Waals surface area contributed by atoms with Gasteiger partial charge in [-0.05, 0) is 43.2 Å². The standard InChI is InChI=1S/C16H16F3NO4S2/c1-4-13-9(2)7-14(25-13)15(21)20-11-8-10(5-6-12(11)24-3)26(22,23)16(17,18)19/h5-8H,4H2,1-3H3,(H,20,21). The predicted octanol–water partition coefficient (Wildman–Crippen LogP) is 4.17. The first-order valence-corrected chi connectivity index (χ1v) is 9.71. The van der Waals surface area contributed by atoms with Gasteiger partial charge in [0.2, 0.25) is 0 Å². The van der Waals surface area contributed by atoms with Crippen molar-refractivity contribution in [2.45, 2.75) is 30.7 Å². The van der Waals surface area contributed by atoms with Crippen LogP contribution in [0.3, 0.4) is 0 Å². The smallest absolute Gasteiger partial charge is 0.495 e. The molecule has 0 fully saturated rings. The Labute approximate surface area is 152 Å². The molecule has 2 aromatic rings. The number of halogens is 3. The minimum atomic E-state index is -5.54. The van der Waals surface area contributed by atoms with Gasteiger partial charge in [-0.1, -0.05) is 6.92 Å². The van der Waals surface area contributed by atoms with Gasteiger partial charge in [-0.25, -0.2) is 8.42 Å². The molecular formula is C16H16F3NO4S2. The number of hydrogen-bond acceptors (Lipinski definition) is 5. The molecule has 1 amide bonds. The van der Waals surface area contributed by atoms with E-state index in [1.165, 1.54) is 18.4 Å². The van der Waals surface area contributed by atoms with Crippen LogP contribution in [-0.4, -0.2) is 26.9 Å². The SMILES string of the molecule is CCc1sc(C(=O)Nc2cc(S(=O)(=O)C(F)(F)F)ccc2OC)cc1C. The Morgan fingerprint density at radius 2 is 1.92 bits per heavy atom. The summed E-state index contributed by atoms with van der Waals surface area (Å²) in [7, 11) is -4.28. The molecule has 0 unspecified atom stereocenters. The molecule has 1 aromatic heterocycles. The lowest BCUT2D eigenvalue weighted by Crippen LogP contribution is -2.23. The maximum atomic E-state index is 12.7. The van der Waals surface area contributed by atoms with E-state index in [-0.39, 0.29) is 11.4 Å². The maximum absolute atomic E-state index is 12.7. The van der Waals surface area contributed by atoms with Crippen molar-refractivity contribution >= 4 is 32.8 Å². The molecule has 0 atom stereocenters. The van der Waals surface area contributed by atoms with Crippen LogP contribution in [0.2, 0.25) is 0 Å². The highest BCUT2D eigenvalue weighted by molar-refractivity contribution is 7.92. The van der Waals surface area contributed by atoms with Gasteiger partial charge in [0.25, 0.3) is 15.7 Å². The first-order chi connectivity index (χ1) is 12.0. The van der Waals surface area contributed by atoms with Crippen molar-refractivity contribution in [3.63, 3.8) is 0 Å². The Morgan fingerprint density at radius 1 is 1.27 bits per heavy atom. The molecule has 0 radical (unpaired) electrons. The van der Waals surface area contributed by atoms with Crippen LogP contribution < -0.4 is 10.1 Å². The first kappa shape index (κ1) is 20.2. The minimum absolute atomic E-state index is 0.0449. The largest absolute Gasteiger partial charge is 0.501 e. The van der Waals surface area contributed by atoms with Crippen LogP contribution in [0.15, 0.2) is 29.2 Å². The van der Waals surface area contributed by atoms with Gasteiger partial charge in [-0.3, -0.25) is 4.79 Å². The number of alkyl halides is 3. The topological polar surface area (TPSA) is 72.5 Å². The third-order valence-corrected chi connectivity index (χ3v) is 6.46. The Balaban J connectivity index is 2.41. The van der Waals surface area contributed by atoms with Crippen molar-refractivity contribution in [3.8, 4) is 5.75 Å². The number of amides is 1. The van der Waals surface area contributed by atoms with E-state index in [0.717, 1.165) is 35.1 Å². The summed E-state index contributed by atoms with van der Waals surface area (Å²) in [6.45, 7) is 3.79. The summed E-state index contributed by atoms with van der Waals surface area (Å²) >= 11 is 1.26. The molecule has 1 heterocycles. The van der Waals surface area contributed by atoms with E-state index in [1.807, 2.05) is 13.8 Å². The summed E-state index contributed by atoms with van der Waals surface area (Å²) < 4.78 is 66.4. The molecule has 0 spiro atoms. The Hall–Kier alpha value is -2.07. The second-order valence-corrected chi connectivity index (χ2v) is 8.41. The van der Waals surface area contributed by atoms with Crippen molar-refractivity contribution in [2.75, 3.05) is 12.4 Å². The van der Waals surface area contributed by atoms with Crippen molar-refractivity contribution in [1.29, 1.82) is 0 Å². The van der Waals surface area contributed by atoms with E-state index in [2.05, 4.69) is 5.32 Å². The predicted molar refractivity (Wildman–Crippen MR) is 92.6 cm³/mol. The fraction of sp³-hybridized carbons (Fsp3) is 0.312. The number of hydrogen-bond donors (Lipinski definition) is 1. The van der Waals surface area contributed by atoms with Gasteiger partial charge in [0.1, 0.15) is 5.75 Å². The van der Waals surface area contributed by atoms with Crippen LogP contribution >= 0.6 is 11.3 Å². The van der Waals surface area contributed by atoms with Crippen molar-refractivity contribution in [3.05, 3.63) is 39.6 Å². The van der Waals surface area contributed by atoms with Crippen molar-refractivity contribution in [1.82, 2.24) is 0 Å². The molecule has 0 aliphatic rings. The second-order valence-electron chi connectivity index (χ2n) is 5.34. The summed E-state index contributed by atoms with van der Waals surface area (Å²) in [6, 6.07) is 4.25. The number of carbonyl (C=O) groups is 1. The number of aryl methyl sites for hydroxylation is 2. The molecule has 1 aromatic carbocycles. The van der Waals surface area contributed by atoms with Crippen LogP contribution in [0.25, 0.3) is 0 Å². The van der Waals surface area contributed by atoms with Gasteiger partial charge in [-0.2, -0.15) is 13.2 Å². The number of ether oxygens (including phenoxy) is 1. The van der Waals surface area contributed by atoms with E-state index in [9.17, 15) is 26.4 Å². The Kier molecular flexibility index (Phi) is 5.67. The highest BCUT2D eigenvalue weighted by atomic mass is 32.2. The van der Waals surface area contributed by atoms with Gasteiger partial charge < -0.3 is 10.1 Å². The van der Waals surface area contributed by atoms with E-state index in [4.69, 9.17) is 4.74 Å². The molecule has 0 saturated carbocycles. The van der Waals surface area contributed by atoms with Crippen LogP contribution in [0, 0.1) is 6.92 Å². The number of anilines is 1. The highest BCUT2D eigenvalue weighted by Gasteiger charge is 2.47. The van der Waals surface area contributed by atoms with Gasteiger partial charge in [0.05, 0.1) is 22.6 Å². The summed E-state index contributed by atoms with van der Waals surface area (Å²) in [5.41, 5.74) is -4.67. The number of methoxy groups -OCH3 is 1. The zero-order valence-electron chi connectivity index (χ0n) is 14.1. The lowest BCUT2D eigenvalue weighted by atomic mass is 10.2. The maximum Gasteiger partial charge on any atom is 0.501 e. The van der Waals surface area contributed by atoms with Crippen LogP contribution in [0.4, 0.5) is 18.9 Å². The number of rotatable bonds is 5. The van der Waals surface area contributed by atoms with Gasteiger partial charge in [0.15, 0.2) is 0 Å². The number of carbonyl (C=O) groups excluding carboxylic acids is 1. The monoisotopic (exact) mass is 407 g/mol. The molecule has 10 heteroatoms. The molecule has 0 aliphatic heterocycles. The normalized spacial score (nSPS) is 12.1. The van der Waals surface area contributed by atoms with Gasteiger partial charge >= 0.3 is 5.51 Å². The third-order valence-electron chi connectivity index (χ3n) is 3.60. The first-order valence-electron chi connectivity index (χ1n) is 7.41. The zero-order chi connectivity index (χ0) is 19.7. The number of nitrogens with one attached hydrogen (secondary N) is 1. The quantitative estimate of drug-likeness (QED) is 0.807. The lowest BCUT2D eigenvalue weighted by molar-refractivity contribution is -0.0436. The third kappa shape index (κ3) is 3.85. The number of sulfone groups is 1. The average molecular weight is 407 g/mol. The molecule has 26 heavy (non-hydrogen) atoms. The lowest BCUT2D eigenvalue weighted by Gasteiger charge is -2.13. The number of benzene rings is 1. The molecule has 1 N–H and O–H groups in total. The molecule has 5 nitrogen and oxygen atoms in total. The van der Waals surface area contributed by atoms with E-state index >= 15 is 0 Å². The second kappa shape index (κ2) is 7.28. The minimum Gasteiger partial charge on any atom is -0.495 e. The summed E-state index contributed by atoms with van der Waals surface area (Å²) in [5.74, 6) is -0.513. The van der Waals surface area contributed by atoms with E-state index in [1.54, 1.807) is 6.07 Å². The number of thiophene rings is 1. The summed E-state index contributed by atoms with van der Waals surface area (Å²) in [5, 5.41) is 2.42. The summed E-state index contributed by atoms with van der Waals surface area (Å²) in [4.78, 5) is 12.8. The van der Waals surface area contributed by atoms with Crippen LogP contribution in [-0.2, 0) is 16.3 Å². The van der Waals surface area contributed by atoms with E-state index in [0.29, 0.717) is 4.88 Å². The Bertz CT molecular complexity index is 933. The van der Waals surface area contributed by atoms with Gasteiger partial charge in [0, 0.05) is 4.88 Å². The molecule has 2 rings (SSSR count). The summed E-state index contributed by atoms with van der Waals surface area (Å²) in [6.07, 6.45) is 0.742. The van der Waals surface area contributed by atoms with Crippen LogP contribution in [0.5, 0.6) is 5.75 Å². The Morgan fingerprint density at radius 3 is 2.42 bits per heavy atom. The molecule has 0 bridgehead atoms. The van der Waals surface area contributed by atoms with E-state index < -0.39 is 26.1 Å². The average Bonchev–Trinajstić information content (AvgIpc) is 2.94. The van der Waals surface area contributed by atoms with Crippen LogP contribution in [0.1, 0.15) is 27.0 Å². The molecule has 142 valence electrons. The van der Waals surface area contributed by atoms with Crippen molar-refractivity contribution in [2.24, 2.45) is 0 Å². The molecule has 0 saturated heterocycles. The fourth-order valence-electron chi connectivity index (χ4n) is 2.25. The van der Waals surface area contributed by atoms with Crippen molar-refractivity contribution < 1.29 is 31.1 Å².